The van der Waals surface area contributed by atoms with Crippen LogP contribution in [0.2, 0.25) is 0 Å². The highest BCUT2D eigenvalue weighted by atomic mass is 15.1. The van der Waals surface area contributed by atoms with E-state index < -0.39 is 0 Å². The Hall–Kier alpha value is -0.810. The van der Waals surface area contributed by atoms with Gasteiger partial charge >= 0.3 is 0 Å². The molecule has 2 nitrogen and oxygen atoms in total. The van der Waals surface area contributed by atoms with Gasteiger partial charge in [0.05, 0.1) is 11.5 Å². The molecule has 13 heavy (non-hydrogen) atoms. The average molecular weight is 176 g/mol. The summed E-state index contributed by atoms with van der Waals surface area (Å²) in [5.74, 6) is 0. The van der Waals surface area contributed by atoms with Gasteiger partial charge in [0.15, 0.2) is 0 Å². The second-order valence-corrected chi connectivity index (χ2v) is 4.44. The highest BCUT2D eigenvalue weighted by molar-refractivity contribution is 5.13. The molecule has 1 aliphatic heterocycles. The Morgan fingerprint density at radius 1 is 1.62 bits per heavy atom. The zero-order valence-electron chi connectivity index (χ0n) is 8.21. The second kappa shape index (κ2) is 3.16. The highest BCUT2D eigenvalue weighted by Gasteiger charge is 2.44. The Balaban J connectivity index is 1.90. The molecule has 2 heteroatoms. The molecule has 70 valence electrons. The van der Waals surface area contributed by atoms with Crippen LogP contribution in [0.1, 0.15) is 26.2 Å². The van der Waals surface area contributed by atoms with E-state index in [1.165, 1.54) is 5.57 Å². The second-order valence-electron chi connectivity index (χ2n) is 4.44. The number of rotatable bonds is 2. The average Bonchev–Trinajstić information content (AvgIpc) is 2.86. The predicted octanol–water partition coefficient (Wildman–Crippen LogP) is 1.94. The van der Waals surface area contributed by atoms with E-state index in [-0.39, 0.29) is 5.41 Å². The molecule has 2 rings (SSSR count). The summed E-state index contributed by atoms with van der Waals surface area (Å²) in [7, 11) is 0. The Kier molecular flexibility index (Phi) is 2.13. The highest BCUT2D eigenvalue weighted by Crippen LogP contribution is 2.45. The van der Waals surface area contributed by atoms with Gasteiger partial charge in [0.1, 0.15) is 0 Å². The van der Waals surface area contributed by atoms with E-state index in [2.05, 4.69) is 24.0 Å². The largest absolute Gasteiger partial charge is 0.298 e. The lowest BCUT2D eigenvalue weighted by molar-refractivity contribution is 0.256. The lowest BCUT2D eigenvalue weighted by Crippen LogP contribution is -2.34. The zero-order valence-corrected chi connectivity index (χ0v) is 8.21. The van der Waals surface area contributed by atoms with Gasteiger partial charge in [-0.3, -0.25) is 4.90 Å². The van der Waals surface area contributed by atoms with Crippen LogP contribution in [0.5, 0.6) is 0 Å². The van der Waals surface area contributed by atoms with E-state index in [9.17, 15) is 0 Å². The molecular formula is C11H16N2. The summed E-state index contributed by atoms with van der Waals surface area (Å²) in [6, 6.07) is 2.45. The third-order valence-electron chi connectivity index (χ3n) is 3.03. The van der Waals surface area contributed by atoms with Crippen molar-refractivity contribution in [2.75, 3.05) is 19.6 Å². The molecule has 0 aromatic carbocycles. The van der Waals surface area contributed by atoms with Crippen LogP contribution in [-0.4, -0.2) is 24.5 Å². The maximum Gasteiger partial charge on any atom is 0.0703 e. The van der Waals surface area contributed by atoms with Gasteiger partial charge in [0, 0.05) is 19.6 Å². The number of hydrogen-bond acceptors (Lipinski definition) is 2. The summed E-state index contributed by atoms with van der Waals surface area (Å²) in [6.45, 7) is 5.39. The summed E-state index contributed by atoms with van der Waals surface area (Å²) in [5.41, 5.74) is 1.50. The van der Waals surface area contributed by atoms with E-state index >= 15 is 0 Å². The lowest BCUT2D eigenvalue weighted by atomic mass is 10.1. The summed E-state index contributed by atoms with van der Waals surface area (Å²) in [4.78, 5) is 2.42. The quantitative estimate of drug-likeness (QED) is 0.601. The standard InChI is InChI=1S/C11H16N2/c1-10-3-2-6-13(7-10)9-11(8-12)4-5-11/h3H,2,4-7,9H2,1H3. The van der Waals surface area contributed by atoms with Crippen molar-refractivity contribution in [1.29, 1.82) is 5.26 Å². The van der Waals surface area contributed by atoms with Crippen LogP contribution in [0, 0.1) is 16.7 Å². The van der Waals surface area contributed by atoms with Gasteiger partial charge in [0.2, 0.25) is 0 Å². The third kappa shape index (κ3) is 1.92. The lowest BCUT2D eigenvalue weighted by Gasteiger charge is -2.27. The number of nitriles is 1. The molecule has 0 aromatic rings. The first kappa shape index (κ1) is 8.77. The minimum atomic E-state index is 0.0393. The molecule has 1 aliphatic carbocycles. The smallest absolute Gasteiger partial charge is 0.0703 e. The van der Waals surface area contributed by atoms with Gasteiger partial charge in [-0.25, -0.2) is 0 Å². The fraction of sp³-hybridized carbons (Fsp3) is 0.727. The zero-order chi connectivity index (χ0) is 9.31. The molecule has 1 heterocycles. The normalized spacial score (nSPS) is 26.3. The molecule has 2 aliphatic rings. The van der Waals surface area contributed by atoms with Crippen molar-refractivity contribution in [2.24, 2.45) is 5.41 Å². The van der Waals surface area contributed by atoms with Crippen LogP contribution in [0.25, 0.3) is 0 Å². The SMILES string of the molecule is CC1=CCCN(CC2(C#N)CC2)C1. The fourth-order valence-electron chi connectivity index (χ4n) is 2.01. The molecular weight excluding hydrogens is 160 g/mol. The summed E-state index contributed by atoms with van der Waals surface area (Å²) in [5, 5.41) is 8.96. The van der Waals surface area contributed by atoms with E-state index in [1.54, 1.807) is 0 Å². The van der Waals surface area contributed by atoms with Crippen molar-refractivity contribution in [1.82, 2.24) is 4.90 Å². The van der Waals surface area contributed by atoms with Crippen molar-refractivity contribution in [3.8, 4) is 6.07 Å². The summed E-state index contributed by atoms with van der Waals surface area (Å²) < 4.78 is 0. The maximum absolute atomic E-state index is 8.96. The van der Waals surface area contributed by atoms with E-state index in [4.69, 9.17) is 5.26 Å². The van der Waals surface area contributed by atoms with Gasteiger partial charge < -0.3 is 0 Å². The number of hydrogen-bond donors (Lipinski definition) is 0. The molecule has 1 saturated carbocycles. The predicted molar refractivity (Wildman–Crippen MR) is 52.1 cm³/mol. The molecule has 1 fully saturated rings. The monoisotopic (exact) mass is 176 g/mol. The minimum absolute atomic E-state index is 0.0393. The van der Waals surface area contributed by atoms with Crippen molar-refractivity contribution >= 4 is 0 Å². The van der Waals surface area contributed by atoms with Gasteiger partial charge in [-0.15, -0.1) is 0 Å². The molecule has 0 aromatic heterocycles. The van der Waals surface area contributed by atoms with Crippen LogP contribution >= 0.6 is 0 Å². The minimum Gasteiger partial charge on any atom is -0.298 e. The Labute approximate surface area is 79.8 Å². The van der Waals surface area contributed by atoms with Crippen molar-refractivity contribution in [3.05, 3.63) is 11.6 Å². The first-order chi connectivity index (χ1) is 6.24. The van der Waals surface area contributed by atoms with Crippen LogP contribution < -0.4 is 0 Å². The van der Waals surface area contributed by atoms with Gasteiger partial charge in [0.25, 0.3) is 0 Å². The summed E-state index contributed by atoms with van der Waals surface area (Å²) in [6.07, 6.45) is 5.70. The maximum atomic E-state index is 8.96. The van der Waals surface area contributed by atoms with Crippen LogP contribution in [0.15, 0.2) is 11.6 Å². The van der Waals surface area contributed by atoms with Crippen molar-refractivity contribution in [2.45, 2.75) is 26.2 Å². The van der Waals surface area contributed by atoms with Crippen molar-refractivity contribution < 1.29 is 0 Å². The van der Waals surface area contributed by atoms with Gasteiger partial charge in [-0.05, 0) is 26.2 Å². The first-order valence-electron chi connectivity index (χ1n) is 5.03. The third-order valence-corrected chi connectivity index (χ3v) is 3.03. The van der Waals surface area contributed by atoms with E-state index in [0.29, 0.717) is 0 Å². The molecule has 0 atom stereocenters. The molecule has 0 bridgehead atoms. The van der Waals surface area contributed by atoms with Crippen molar-refractivity contribution in [3.63, 3.8) is 0 Å². The molecule has 0 radical (unpaired) electrons. The van der Waals surface area contributed by atoms with Gasteiger partial charge in [-0.1, -0.05) is 11.6 Å². The molecule has 0 N–H and O–H groups in total. The molecule has 0 saturated heterocycles. The van der Waals surface area contributed by atoms with Crippen LogP contribution in [0.4, 0.5) is 0 Å². The molecule has 0 unspecified atom stereocenters. The van der Waals surface area contributed by atoms with E-state index in [1.807, 2.05) is 0 Å². The Morgan fingerprint density at radius 2 is 2.38 bits per heavy atom. The number of nitrogens with zero attached hydrogens (tertiary/aromatic N) is 2. The summed E-state index contributed by atoms with van der Waals surface area (Å²) >= 11 is 0. The Morgan fingerprint density at radius 3 is 2.92 bits per heavy atom. The first-order valence-corrected chi connectivity index (χ1v) is 5.03. The fourth-order valence-corrected chi connectivity index (χ4v) is 2.01. The van der Waals surface area contributed by atoms with Crippen LogP contribution in [-0.2, 0) is 0 Å². The van der Waals surface area contributed by atoms with E-state index in [0.717, 1.165) is 38.9 Å². The topological polar surface area (TPSA) is 27.0 Å². The van der Waals surface area contributed by atoms with Gasteiger partial charge in [-0.2, -0.15) is 5.26 Å². The molecule has 0 spiro atoms. The molecule has 0 amide bonds. The van der Waals surface area contributed by atoms with Crippen LogP contribution in [0.3, 0.4) is 0 Å². The Bertz CT molecular complexity index is 268.